The number of hydrogen-bond donors (Lipinski definition) is 4. The van der Waals surface area contributed by atoms with Gasteiger partial charge in [-0.2, -0.15) is 11.8 Å². The minimum absolute atomic E-state index is 0.188. The third kappa shape index (κ3) is 6.66. The molecule has 3 amide bonds. The van der Waals surface area contributed by atoms with Gasteiger partial charge in [-0.1, -0.05) is 13.8 Å². The second-order valence-electron chi connectivity index (χ2n) is 7.38. The van der Waals surface area contributed by atoms with Crippen molar-refractivity contribution in [2.75, 3.05) is 18.6 Å². The molecule has 0 bridgehead atoms. The van der Waals surface area contributed by atoms with E-state index in [1.807, 2.05) is 20.1 Å². The Morgan fingerprint density at radius 1 is 1.21 bits per heavy atom. The van der Waals surface area contributed by atoms with Gasteiger partial charge in [-0.05, 0) is 44.1 Å². The number of carboxylic acids is 1. The van der Waals surface area contributed by atoms with E-state index < -0.39 is 36.0 Å². The number of carboxylic acid groups (broad SMARTS) is 1. The van der Waals surface area contributed by atoms with E-state index in [2.05, 4.69) is 10.6 Å². The van der Waals surface area contributed by atoms with Gasteiger partial charge in [-0.25, -0.2) is 0 Å². The summed E-state index contributed by atoms with van der Waals surface area (Å²) in [5, 5.41) is 14.1. The molecule has 4 unspecified atom stereocenters. The molecule has 1 saturated heterocycles. The summed E-state index contributed by atoms with van der Waals surface area (Å²) in [6.45, 7) is 5.38. The number of nitrogens with two attached hydrogens (primary N) is 1. The van der Waals surface area contributed by atoms with Crippen molar-refractivity contribution in [3.8, 4) is 0 Å². The highest BCUT2D eigenvalue weighted by atomic mass is 32.2. The van der Waals surface area contributed by atoms with E-state index in [-0.39, 0.29) is 17.7 Å². The van der Waals surface area contributed by atoms with E-state index in [0.717, 1.165) is 5.75 Å². The molecule has 0 saturated carbocycles. The second kappa shape index (κ2) is 11.3. The molecule has 5 N–H and O–H groups in total. The normalized spacial score (nSPS) is 19.8. The first-order chi connectivity index (χ1) is 13.1. The Morgan fingerprint density at radius 3 is 2.39 bits per heavy atom. The zero-order valence-corrected chi connectivity index (χ0v) is 17.8. The van der Waals surface area contributed by atoms with Crippen LogP contribution in [0.4, 0.5) is 0 Å². The van der Waals surface area contributed by atoms with Crippen LogP contribution >= 0.6 is 11.8 Å². The molecule has 0 aromatic rings. The van der Waals surface area contributed by atoms with Crippen LogP contribution < -0.4 is 16.4 Å². The lowest BCUT2D eigenvalue weighted by atomic mass is 10.0. The number of nitrogens with one attached hydrogen (secondary N) is 2. The maximum atomic E-state index is 13.1. The van der Waals surface area contributed by atoms with Gasteiger partial charge in [0.1, 0.15) is 18.1 Å². The number of carbonyl (C=O) groups excluding carboxylic acids is 3. The molecular formula is C18H32N4O5S. The summed E-state index contributed by atoms with van der Waals surface area (Å²) >= 11 is 1.59. The number of carbonyl (C=O) groups is 4. The average Bonchev–Trinajstić information content (AvgIpc) is 3.12. The summed E-state index contributed by atoms with van der Waals surface area (Å²) in [4.78, 5) is 50.3. The van der Waals surface area contributed by atoms with Gasteiger partial charge >= 0.3 is 5.97 Å². The number of likely N-dealkylation sites (tertiary alicyclic amines) is 1. The molecule has 0 aromatic heterocycles. The largest absolute Gasteiger partial charge is 0.480 e. The number of thioether (sulfide) groups is 1. The summed E-state index contributed by atoms with van der Waals surface area (Å²) in [5.41, 5.74) is 5.89. The Morgan fingerprint density at radius 2 is 1.86 bits per heavy atom. The van der Waals surface area contributed by atoms with Crippen LogP contribution in [-0.2, 0) is 19.2 Å². The second-order valence-corrected chi connectivity index (χ2v) is 8.36. The van der Waals surface area contributed by atoms with E-state index in [0.29, 0.717) is 25.8 Å². The van der Waals surface area contributed by atoms with Crippen LogP contribution in [0.25, 0.3) is 0 Å². The van der Waals surface area contributed by atoms with Crippen molar-refractivity contribution in [1.82, 2.24) is 15.5 Å². The zero-order valence-electron chi connectivity index (χ0n) is 16.9. The predicted molar refractivity (Wildman–Crippen MR) is 108 cm³/mol. The van der Waals surface area contributed by atoms with E-state index in [4.69, 9.17) is 10.8 Å². The molecule has 160 valence electrons. The molecule has 0 aromatic carbocycles. The Kier molecular flexibility index (Phi) is 9.74. The zero-order chi connectivity index (χ0) is 21.4. The van der Waals surface area contributed by atoms with Crippen molar-refractivity contribution in [2.45, 2.75) is 64.2 Å². The SMILES string of the molecule is CSCCC(N)C(=O)NC(C(=O)N1CCCC1C(=O)NC(C)C(=O)O)C(C)C. The van der Waals surface area contributed by atoms with Gasteiger partial charge in [-0.3, -0.25) is 19.2 Å². The first kappa shape index (κ1) is 24.2. The first-order valence-electron chi connectivity index (χ1n) is 9.48. The van der Waals surface area contributed by atoms with Gasteiger partial charge in [0.2, 0.25) is 17.7 Å². The molecule has 9 nitrogen and oxygen atoms in total. The third-order valence-electron chi connectivity index (χ3n) is 4.77. The fourth-order valence-electron chi connectivity index (χ4n) is 3.00. The van der Waals surface area contributed by atoms with Gasteiger partial charge in [0.25, 0.3) is 0 Å². The monoisotopic (exact) mass is 416 g/mol. The number of amides is 3. The number of hydrogen-bond acceptors (Lipinski definition) is 6. The summed E-state index contributed by atoms with van der Waals surface area (Å²) in [5.74, 6) is -1.82. The smallest absolute Gasteiger partial charge is 0.325 e. The van der Waals surface area contributed by atoms with E-state index in [9.17, 15) is 19.2 Å². The van der Waals surface area contributed by atoms with Crippen molar-refractivity contribution >= 4 is 35.5 Å². The molecule has 1 aliphatic heterocycles. The Labute approximate surface area is 170 Å². The standard InChI is InChI=1S/C18H32N4O5S/c1-10(2)14(21-15(23)12(19)7-9-28-4)17(25)22-8-5-6-13(22)16(24)20-11(3)18(26)27/h10-14H,5-9,19H2,1-4H3,(H,20,24)(H,21,23)(H,26,27). The summed E-state index contributed by atoms with van der Waals surface area (Å²) in [6.07, 6.45) is 3.52. The Balaban J connectivity index is 2.83. The fraction of sp³-hybridized carbons (Fsp3) is 0.778. The van der Waals surface area contributed by atoms with Gasteiger partial charge in [0.15, 0.2) is 0 Å². The minimum atomic E-state index is -1.14. The fourth-order valence-corrected chi connectivity index (χ4v) is 3.49. The minimum Gasteiger partial charge on any atom is -0.480 e. The van der Waals surface area contributed by atoms with Gasteiger partial charge in [0, 0.05) is 6.54 Å². The van der Waals surface area contributed by atoms with Crippen LogP contribution in [0, 0.1) is 5.92 Å². The van der Waals surface area contributed by atoms with Crippen LogP contribution in [0.15, 0.2) is 0 Å². The third-order valence-corrected chi connectivity index (χ3v) is 5.41. The van der Waals surface area contributed by atoms with Gasteiger partial charge < -0.3 is 26.4 Å². The van der Waals surface area contributed by atoms with Crippen molar-refractivity contribution < 1.29 is 24.3 Å². The maximum absolute atomic E-state index is 13.1. The Bertz CT molecular complexity index is 586. The topological polar surface area (TPSA) is 142 Å². The number of nitrogens with zero attached hydrogens (tertiary/aromatic N) is 1. The van der Waals surface area contributed by atoms with Crippen molar-refractivity contribution in [3.63, 3.8) is 0 Å². The molecule has 1 heterocycles. The molecule has 1 fully saturated rings. The van der Waals surface area contributed by atoms with E-state index in [1.165, 1.54) is 11.8 Å². The number of aliphatic carboxylic acids is 1. The van der Waals surface area contributed by atoms with Crippen molar-refractivity contribution in [2.24, 2.45) is 11.7 Å². The lowest BCUT2D eigenvalue weighted by Crippen LogP contribution is -2.58. The summed E-state index contributed by atoms with van der Waals surface area (Å²) in [6, 6.07) is -3.27. The molecule has 28 heavy (non-hydrogen) atoms. The van der Waals surface area contributed by atoms with Crippen LogP contribution in [0.5, 0.6) is 0 Å². The van der Waals surface area contributed by atoms with E-state index in [1.54, 1.807) is 11.8 Å². The molecule has 0 spiro atoms. The molecule has 4 atom stereocenters. The Hall–Kier alpha value is -1.81. The van der Waals surface area contributed by atoms with Crippen molar-refractivity contribution in [3.05, 3.63) is 0 Å². The lowest BCUT2D eigenvalue weighted by molar-refractivity contribution is -0.145. The molecule has 1 aliphatic rings. The molecular weight excluding hydrogens is 384 g/mol. The molecule has 10 heteroatoms. The number of rotatable bonds is 10. The molecule has 0 radical (unpaired) electrons. The van der Waals surface area contributed by atoms with Crippen molar-refractivity contribution in [1.29, 1.82) is 0 Å². The maximum Gasteiger partial charge on any atom is 0.325 e. The highest BCUT2D eigenvalue weighted by Crippen LogP contribution is 2.20. The van der Waals surface area contributed by atoms with Crippen LogP contribution in [0.3, 0.4) is 0 Å². The van der Waals surface area contributed by atoms with E-state index >= 15 is 0 Å². The summed E-state index contributed by atoms with van der Waals surface area (Å²) < 4.78 is 0. The van der Waals surface area contributed by atoms with Gasteiger partial charge in [0.05, 0.1) is 6.04 Å². The van der Waals surface area contributed by atoms with Crippen LogP contribution in [0.1, 0.15) is 40.0 Å². The van der Waals surface area contributed by atoms with Gasteiger partial charge in [-0.15, -0.1) is 0 Å². The predicted octanol–water partition coefficient (Wildman–Crippen LogP) is -0.212. The highest BCUT2D eigenvalue weighted by Gasteiger charge is 2.39. The van der Waals surface area contributed by atoms with Crippen LogP contribution in [0.2, 0.25) is 0 Å². The van der Waals surface area contributed by atoms with Crippen LogP contribution in [-0.4, -0.2) is 76.4 Å². The average molecular weight is 417 g/mol. The first-order valence-corrected chi connectivity index (χ1v) is 10.9. The quantitative estimate of drug-likeness (QED) is 0.386. The lowest BCUT2D eigenvalue weighted by Gasteiger charge is -2.31. The summed E-state index contributed by atoms with van der Waals surface area (Å²) in [7, 11) is 0. The highest BCUT2D eigenvalue weighted by molar-refractivity contribution is 7.98. The molecule has 1 rings (SSSR count). The molecule has 0 aliphatic carbocycles.